The first kappa shape index (κ1) is 20.9. The van der Waals surface area contributed by atoms with Gasteiger partial charge in [-0.2, -0.15) is 0 Å². The van der Waals surface area contributed by atoms with Crippen LogP contribution in [0.25, 0.3) is 5.69 Å². The summed E-state index contributed by atoms with van der Waals surface area (Å²) >= 11 is 1.50. The predicted octanol–water partition coefficient (Wildman–Crippen LogP) is 4.84. The van der Waals surface area contributed by atoms with Crippen molar-refractivity contribution >= 4 is 17.7 Å². The topological polar surface area (TPSA) is 73.0 Å². The first-order chi connectivity index (χ1) is 15.0. The number of carbonyl (C=O) groups excluding carboxylic acids is 1. The van der Waals surface area contributed by atoms with E-state index in [4.69, 9.17) is 4.52 Å². The zero-order valence-electron chi connectivity index (χ0n) is 17.1. The van der Waals surface area contributed by atoms with Crippen LogP contribution in [0.1, 0.15) is 33.2 Å². The van der Waals surface area contributed by atoms with Crippen molar-refractivity contribution in [2.75, 3.05) is 0 Å². The summed E-state index contributed by atoms with van der Waals surface area (Å²) in [4.78, 5) is 17.7. The number of halogens is 1. The van der Waals surface area contributed by atoms with Crippen LogP contribution < -0.4 is 5.32 Å². The fourth-order valence-electron chi connectivity index (χ4n) is 3.18. The average molecular weight is 437 g/mol. The average Bonchev–Trinajstić information content (AvgIpc) is 3.38. The summed E-state index contributed by atoms with van der Waals surface area (Å²) in [7, 11) is 0. The van der Waals surface area contributed by atoms with Gasteiger partial charge in [-0.05, 0) is 43.7 Å². The lowest BCUT2D eigenvalue weighted by atomic mass is 10.1. The Balaban J connectivity index is 1.42. The van der Waals surface area contributed by atoms with Crippen molar-refractivity contribution in [1.29, 1.82) is 0 Å². The molecule has 2 heterocycles. The lowest BCUT2D eigenvalue weighted by Gasteiger charge is -2.11. The Morgan fingerprint density at radius 3 is 2.74 bits per heavy atom. The Hall–Kier alpha value is -3.39. The summed E-state index contributed by atoms with van der Waals surface area (Å²) in [6.07, 6.45) is 3.34. The number of hydrogen-bond donors (Lipinski definition) is 1. The van der Waals surface area contributed by atoms with Crippen LogP contribution in [0.2, 0.25) is 0 Å². The zero-order valence-corrected chi connectivity index (χ0v) is 17.9. The van der Waals surface area contributed by atoms with Crippen LogP contribution in [-0.4, -0.2) is 20.6 Å². The summed E-state index contributed by atoms with van der Waals surface area (Å²) < 4.78 is 21.5. The molecule has 0 radical (unpaired) electrons. The van der Waals surface area contributed by atoms with E-state index in [9.17, 15) is 9.18 Å². The number of benzene rings is 2. The monoisotopic (exact) mass is 436 g/mol. The number of carbonyl (C=O) groups is 1. The van der Waals surface area contributed by atoms with Crippen LogP contribution in [0.15, 0.2) is 70.3 Å². The molecule has 4 rings (SSSR count). The molecular formula is C23H21FN4O2S. The summed E-state index contributed by atoms with van der Waals surface area (Å²) in [5.41, 5.74) is 2.49. The number of aromatic nitrogens is 3. The molecule has 0 bridgehead atoms. The van der Waals surface area contributed by atoms with Crippen LogP contribution >= 0.6 is 11.8 Å². The molecule has 0 saturated heterocycles. The lowest BCUT2D eigenvalue weighted by molar-refractivity contribution is 0.0948. The highest BCUT2D eigenvalue weighted by atomic mass is 32.2. The second-order valence-electron chi connectivity index (χ2n) is 7.03. The maximum atomic E-state index is 14.6. The van der Waals surface area contributed by atoms with Crippen molar-refractivity contribution in [1.82, 2.24) is 20.0 Å². The molecule has 158 valence electrons. The van der Waals surface area contributed by atoms with Crippen molar-refractivity contribution in [3.8, 4) is 5.69 Å². The molecule has 0 fully saturated rings. The molecule has 0 spiro atoms. The van der Waals surface area contributed by atoms with Gasteiger partial charge >= 0.3 is 0 Å². The van der Waals surface area contributed by atoms with E-state index >= 15 is 0 Å². The maximum absolute atomic E-state index is 14.6. The molecule has 0 unspecified atom stereocenters. The highest BCUT2D eigenvalue weighted by Gasteiger charge is 2.13. The van der Waals surface area contributed by atoms with Gasteiger partial charge in [-0.25, -0.2) is 9.37 Å². The van der Waals surface area contributed by atoms with Gasteiger partial charge in [0.15, 0.2) is 0 Å². The quantitative estimate of drug-likeness (QED) is 0.420. The minimum atomic E-state index is -0.369. The Bertz CT molecular complexity index is 1220. The zero-order chi connectivity index (χ0) is 21.8. The van der Waals surface area contributed by atoms with Crippen molar-refractivity contribution in [3.63, 3.8) is 0 Å². The molecule has 0 aliphatic rings. The molecular weight excluding hydrogens is 415 g/mol. The molecule has 0 aliphatic carbocycles. The number of amides is 1. The molecule has 0 atom stereocenters. The number of imidazole rings is 1. The fourth-order valence-corrected chi connectivity index (χ4v) is 4.10. The third-order valence-electron chi connectivity index (χ3n) is 4.73. The standard InChI is InChI=1S/C23H21FN4O2S/c1-15-11-18(30-27-15)14-31-22-6-4-3-5-19(22)23(29)26-13-17-7-8-21(20(24)12-17)28-10-9-25-16(28)2/h3-12H,13-14H2,1-2H3,(H,26,29). The molecule has 0 aliphatic heterocycles. The van der Waals surface area contributed by atoms with Crippen molar-refractivity contribution in [2.45, 2.75) is 31.0 Å². The number of thioether (sulfide) groups is 1. The second-order valence-corrected chi connectivity index (χ2v) is 8.05. The van der Waals surface area contributed by atoms with Crippen LogP contribution in [0, 0.1) is 19.7 Å². The van der Waals surface area contributed by atoms with E-state index in [2.05, 4.69) is 15.5 Å². The summed E-state index contributed by atoms with van der Waals surface area (Å²) in [5, 5.41) is 6.76. The highest BCUT2D eigenvalue weighted by molar-refractivity contribution is 7.98. The largest absolute Gasteiger partial charge is 0.360 e. The molecule has 31 heavy (non-hydrogen) atoms. The van der Waals surface area contributed by atoms with E-state index in [-0.39, 0.29) is 18.3 Å². The minimum absolute atomic E-state index is 0.216. The number of hydrogen-bond acceptors (Lipinski definition) is 5. The van der Waals surface area contributed by atoms with E-state index in [0.717, 1.165) is 16.3 Å². The third-order valence-corrected chi connectivity index (χ3v) is 5.82. The van der Waals surface area contributed by atoms with Gasteiger partial charge in [-0.3, -0.25) is 4.79 Å². The number of nitrogens with zero attached hydrogens (tertiary/aromatic N) is 3. The van der Waals surface area contributed by atoms with E-state index in [1.165, 1.54) is 17.8 Å². The predicted molar refractivity (Wildman–Crippen MR) is 117 cm³/mol. The minimum Gasteiger partial charge on any atom is -0.360 e. The van der Waals surface area contributed by atoms with Gasteiger partial charge in [-0.15, -0.1) is 11.8 Å². The summed E-state index contributed by atoms with van der Waals surface area (Å²) in [6.45, 7) is 3.90. The molecule has 8 heteroatoms. The molecule has 1 amide bonds. The molecule has 6 nitrogen and oxygen atoms in total. The van der Waals surface area contributed by atoms with E-state index < -0.39 is 0 Å². The van der Waals surface area contributed by atoms with Crippen molar-refractivity contribution in [3.05, 3.63) is 95.1 Å². The molecule has 0 saturated carbocycles. The molecule has 2 aromatic heterocycles. The summed E-state index contributed by atoms with van der Waals surface area (Å²) in [6, 6.07) is 14.2. The van der Waals surface area contributed by atoms with Crippen LogP contribution in [0.5, 0.6) is 0 Å². The van der Waals surface area contributed by atoms with E-state index in [1.54, 1.807) is 35.2 Å². The van der Waals surface area contributed by atoms with Gasteiger partial charge in [0.1, 0.15) is 17.4 Å². The Labute approximate surface area is 183 Å². The first-order valence-electron chi connectivity index (χ1n) is 9.72. The first-order valence-corrected chi connectivity index (χ1v) is 10.7. The van der Waals surface area contributed by atoms with E-state index in [1.807, 2.05) is 38.1 Å². The SMILES string of the molecule is Cc1cc(CSc2ccccc2C(=O)NCc2ccc(-n3ccnc3C)c(F)c2)on1. The lowest BCUT2D eigenvalue weighted by Crippen LogP contribution is -2.23. The van der Waals surface area contributed by atoms with Gasteiger partial charge in [0.25, 0.3) is 5.91 Å². The van der Waals surface area contributed by atoms with Crippen molar-refractivity contribution < 1.29 is 13.7 Å². The van der Waals surface area contributed by atoms with Gasteiger partial charge < -0.3 is 14.4 Å². The van der Waals surface area contributed by atoms with Gasteiger partial charge in [0.2, 0.25) is 0 Å². The highest BCUT2D eigenvalue weighted by Crippen LogP contribution is 2.26. The van der Waals surface area contributed by atoms with Crippen molar-refractivity contribution in [2.24, 2.45) is 0 Å². The third kappa shape index (κ3) is 4.86. The van der Waals surface area contributed by atoms with Crippen LogP contribution in [0.3, 0.4) is 0 Å². The molecule has 1 N–H and O–H groups in total. The van der Waals surface area contributed by atoms with E-state index in [0.29, 0.717) is 28.4 Å². The maximum Gasteiger partial charge on any atom is 0.252 e. The number of rotatable bonds is 7. The number of aryl methyl sites for hydroxylation is 2. The molecule has 2 aromatic carbocycles. The van der Waals surface area contributed by atoms with Crippen LogP contribution in [0.4, 0.5) is 4.39 Å². The van der Waals surface area contributed by atoms with Crippen LogP contribution in [-0.2, 0) is 12.3 Å². The fraction of sp³-hybridized carbons (Fsp3) is 0.174. The normalized spacial score (nSPS) is 10.9. The number of nitrogens with one attached hydrogen (secondary N) is 1. The smallest absolute Gasteiger partial charge is 0.252 e. The Morgan fingerprint density at radius 1 is 1.19 bits per heavy atom. The Morgan fingerprint density at radius 2 is 2.03 bits per heavy atom. The Kier molecular flexibility index (Phi) is 6.18. The summed E-state index contributed by atoms with van der Waals surface area (Å²) in [5.74, 6) is 1.44. The second kappa shape index (κ2) is 9.18. The van der Waals surface area contributed by atoms with Gasteiger partial charge in [0.05, 0.1) is 22.7 Å². The van der Waals surface area contributed by atoms with Gasteiger partial charge in [0, 0.05) is 29.9 Å². The molecule has 4 aromatic rings. The van der Waals surface area contributed by atoms with Gasteiger partial charge in [-0.1, -0.05) is 23.4 Å².